The fourth-order valence-corrected chi connectivity index (χ4v) is 3.22. The van der Waals surface area contributed by atoms with Crippen molar-refractivity contribution >= 4 is 5.91 Å². The smallest absolute Gasteiger partial charge is 0.239 e. The maximum absolute atomic E-state index is 11.6. The van der Waals surface area contributed by atoms with Crippen molar-refractivity contribution in [1.29, 1.82) is 0 Å². The summed E-state index contributed by atoms with van der Waals surface area (Å²) < 4.78 is 0. The van der Waals surface area contributed by atoms with E-state index in [-0.39, 0.29) is 5.91 Å². The van der Waals surface area contributed by atoms with Crippen molar-refractivity contribution in [3.8, 4) is 0 Å². The number of hydrogen-bond donors (Lipinski definition) is 2. The lowest BCUT2D eigenvalue weighted by Gasteiger charge is -2.37. The number of nitrogens with zero attached hydrogens (tertiary/aromatic N) is 1. The molecule has 2 aliphatic rings. The SMILES string of the molecule is CCCC1CCN(CC(N)(C(N)=O)C2CC2)CC1. The zero-order chi connectivity index (χ0) is 13.2. The maximum Gasteiger partial charge on any atom is 0.239 e. The zero-order valence-electron chi connectivity index (χ0n) is 11.5. The average Bonchev–Trinajstić information content (AvgIpc) is 3.16. The van der Waals surface area contributed by atoms with Gasteiger partial charge in [0.25, 0.3) is 0 Å². The van der Waals surface area contributed by atoms with E-state index < -0.39 is 5.54 Å². The fourth-order valence-electron chi connectivity index (χ4n) is 3.22. The Morgan fingerprint density at radius 3 is 2.33 bits per heavy atom. The van der Waals surface area contributed by atoms with Crippen molar-refractivity contribution in [3.63, 3.8) is 0 Å². The van der Waals surface area contributed by atoms with Crippen LogP contribution in [0.25, 0.3) is 0 Å². The Hall–Kier alpha value is -0.610. The Balaban J connectivity index is 1.84. The minimum atomic E-state index is -0.780. The Bertz CT molecular complexity index is 295. The summed E-state index contributed by atoms with van der Waals surface area (Å²) >= 11 is 0. The lowest BCUT2D eigenvalue weighted by atomic mass is 9.89. The number of carbonyl (C=O) groups excluding carboxylic acids is 1. The van der Waals surface area contributed by atoms with Crippen LogP contribution >= 0.6 is 0 Å². The van der Waals surface area contributed by atoms with Crippen LogP contribution in [0.5, 0.6) is 0 Å². The first-order valence-corrected chi connectivity index (χ1v) is 7.37. The van der Waals surface area contributed by atoms with E-state index in [1.54, 1.807) is 0 Å². The molecule has 104 valence electrons. The van der Waals surface area contributed by atoms with Crippen LogP contribution in [0, 0.1) is 11.8 Å². The molecule has 0 radical (unpaired) electrons. The highest BCUT2D eigenvalue weighted by Gasteiger charge is 2.47. The highest BCUT2D eigenvalue weighted by molar-refractivity contribution is 5.85. The number of primary amides is 1. The molecule has 1 amide bonds. The molecule has 4 nitrogen and oxygen atoms in total. The average molecular weight is 253 g/mol. The number of hydrogen-bond acceptors (Lipinski definition) is 3. The van der Waals surface area contributed by atoms with Crippen LogP contribution in [0.3, 0.4) is 0 Å². The number of nitrogens with two attached hydrogens (primary N) is 2. The molecule has 0 aromatic carbocycles. The molecule has 1 aliphatic heterocycles. The third kappa shape index (κ3) is 3.04. The molecule has 18 heavy (non-hydrogen) atoms. The predicted molar refractivity (Wildman–Crippen MR) is 72.9 cm³/mol. The molecule has 1 unspecified atom stereocenters. The van der Waals surface area contributed by atoms with E-state index in [0.29, 0.717) is 12.5 Å². The zero-order valence-corrected chi connectivity index (χ0v) is 11.5. The highest BCUT2D eigenvalue weighted by atomic mass is 16.1. The third-order valence-corrected chi connectivity index (χ3v) is 4.65. The molecule has 0 aromatic heterocycles. The van der Waals surface area contributed by atoms with E-state index in [4.69, 9.17) is 11.5 Å². The largest absolute Gasteiger partial charge is 0.368 e. The Kier molecular flexibility index (Phi) is 4.28. The Labute approximate surface area is 110 Å². The van der Waals surface area contributed by atoms with Crippen LogP contribution in [-0.2, 0) is 4.79 Å². The summed E-state index contributed by atoms with van der Waals surface area (Å²) in [4.78, 5) is 14.0. The second-order valence-electron chi connectivity index (χ2n) is 6.19. The molecule has 1 saturated heterocycles. The summed E-state index contributed by atoms with van der Waals surface area (Å²) in [6, 6.07) is 0. The predicted octanol–water partition coefficient (Wildman–Crippen LogP) is 1.09. The van der Waals surface area contributed by atoms with E-state index >= 15 is 0 Å². The van der Waals surface area contributed by atoms with Crippen molar-refractivity contribution < 1.29 is 4.79 Å². The van der Waals surface area contributed by atoms with Gasteiger partial charge >= 0.3 is 0 Å². The minimum Gasteiger partial charge on any atom is -0.368 e. The minimum absolute atomic E-state index is 0.319. The van der Waals surface area contributed by atoms with Crippen LogP contribution in [-0.4, -0.2) is 36.0 Å². The Morgan fingerprint density at radius 2 is 1.89 bits per heavy atom. The van der Waals surface area contributed by atoms with Gasteiger partial charge in [-0.15, -0.1) is 0 Å². The van der Waals surface area contributed by atoms with E-state index in [1.165, 1.54) is 25.7 Å². The molecule has 2 rings (SSSR count). The van der Waals surface area contributed by atoms with Crippen molar-refractivity contribution in [2.24, 2.45) is 23.3 Å². The summed E-state index contributed by atoms with van der Waals surface area (Å²) in [6.07, 6.45) is 7.22. The standard InChI is InChI=1S/C14H27N3O/c1-2-3-11-6-8-17(9-7-11)10-14(16,13(15)18)12-4-5-12/h11-12H,2-10,16H2,1H3,(H2,15,18). The number of piperidine rings is 1. The number of amides is 1. The number of carbonyl (C=O) groups is 1. The molecule has 4 heteroatoms. The first kappa shape index (κ1) is 13.8. The van der Waals surface area contributed by atoms with E-state index in [2.05, 4.69) is 11.8 Å². The molecular formula is C14H27N3O. The Morgan fingerprint density at radius 1 is 1.28 bits per heavy atom. The van der Waals surface area contributed by atoms with Gasteiger partial charge in [-0.3, -0.25) is 4.79 Å². The summed E-state index contributed by atoms with van der Waals surface area (Å²) in [5, 5.41) is 0. The third-order valence-electron chi connectivity index (χ3n) is 4.65. The number of likely N-dealkylation sites (tertiary alicyclic amines) is 1. The molecule has 4 N–H and O–H groups in total. The van der Waals surface area contributed by atoms with Crippen molar-refractivity contribution in [2.75, 3.05) is 19.6 Å². The van der Waals surface area contributed by atoms with Crippen LogP contribution < -0.4 is 11.5 Å². The monoisotopic (exact) mass is 253 g/mol. The van der Waals surface area contributed by atoms with Crippen molar-refractivity contribution in [3.05, 3.63) is 0 Å². The van der Waals surface area contributed by atoms with Gasteiger partial charge in [0.2, 0.25) is 5.91 Å². The van der Waals surface area contributed by atoms with Gasteiger partial charge in [-0.1, -0.05) is 19.8 Å². The van der Waals surface area contributed by atoms with Gasteiger partial charge in [-0.25, -0.2) is 0 Å². The lowest BCUT2D eigenvalue weighted by molar-refractivity contribution is -0.124. The normalized spacial score (nSPS) is 25.9. The summed E-state index contributed by atoms with van der Waals surface area (Å²) in [6.45, 7) is 5.05. The highest BCUT2D eigenvalue weighted by Crippen LogP contribution is 2.39. The van der Waals surface area contributed by atoms with Gasteiger partial charge < -0.3 is 16.4 Å². The topological polar surface area (TPSA) is 72.3 Å². The van der Waals surface area contributed by atoms with Crippen LogP contribution in [0.15, 0.2) is 0 Å². The van der Waals surface area contributed by atoms with Crippen LogP contribution in [0.2, 0.25) is 0 Å². The molecule has 1 heterocycles. The molecule has 0 spiro atoms. The maximum atomic E-state index is 11.6. The van der Waals surface area contributed by atoms with Crippen molar-refractivity contribution in [2.45, 2.75) is 51.0 Å². The van der Waals surface area contributed by atoms with Crippen molar-refractivity contribution in [1.82, 2.24) is 4.90 Å². The van der Waals surface area contributed by atoms with Gasteiger partial charge in [0, 0.05) is 6.54 Å². The molecule has 1 atom stereocenters. The molecule has 0 aromatic rings. The van der Waals surface area contributed by atoms with Crippen LogP contribution in [0.4, 0.5) is 0 Å². The summed E-state index contributed by atoms with van der Waals surface area (Å²) in [5.74, 6) is 0.872. The molecule has 1 saturated carbocycles. The number of rotatable bonds is 6. The molecule has 1 aliphatic carbocycles. The second-order valence-corrected chi connectivity index (χ2v) is 6.19. The molecule has 0 bridgehead atoms. The van der Waals surface area contributed by atoms with Gasteiger partial charge in [-0.05, 0) is 50.6 Å². The van der Waals surface area contributed by atoms with E-state index in [1.807, 2.05) is 0 Å². The van der Waals surface area contributed by atoms with Gasteiger partial charge in [-0.2, -0.15) is 0 Å². The van der Waals surface area contributed by atoms with Gasteiger partial charge in [0.1, 0.15) is 5.54 Å². The second kappa shape index (κ2) is 5.57. The van der Waals surface area contributed by atoms with E-state index in [0.717, 1.165) is 31.8 Å². The van der Waals surface area contributed by atoms with Gasteiger partial charge in [0.15, 0.2) is 0 Å². The first-order chi connectivity index (χ1) is 8.56. The van der Waals surface area contributed by atoms with E-state index in [9.17, 15) is 4.79 Å². The van der Waals surface area contributed by atoms with Gasteiger partial charge in [0.05, 0.1) is 0 Å². The molecular weight excluding hydrogens is 226 g/mol. The fraction of sp³-hybridized carbons (Fsp3) is 0.929. The summed E-state index contributed by atoms with van der Waals surface area (Å²) in [5.41, 5.74) is 11.0. The summed E-state index contributed by atoms with van der Waals surface area (Å²) in [7, 11) is 0. The first-order valence-electron chi connectivity index (χ1n) is 7.37. The van der Waals surface area contributed by atoms with Crippen LogP contribution in [0.1, 0.15) is 45.4 Å². The lowest BCUT2D eigenvalue weighted by Crippen LogP contribution is -2.61. The molecule has 2 fully saturated rings. The quantitative estimate of drug-likeness (QED) is 0.744.